The molecule has 0 fully saturated rings. The second-order valence-electron chi connectivity index (χ2n) is 5.23. The van der Waals surface area contributed by atoms with E-state index in [0.717, 1.165) is 5.56 Å². The van der Waals surface area contributed by atoms with Crippen LogP contribution in [0.2, 0.25) is 0 Å². The molecular formula is C18H20FN3O3S. The Bertz CT molecular complexity index is 741. The maximum Gasteiger partial charge on any atom is 0.234 e. The Hall–Kier alpha value is -2.61. The van der Waals surface area contributed by atoms with Crippen molar-refractivity contribution in [2.45, 2.75) is 13.5 Å². The van der Waals surface area contributed by atoms with Crippen molar-refractivity contribution >= 4 is 29.3 Å². The topological polar surface area (TPSA) is 80.3 Å². The number of nitrogens with one attached hydrogen (secondary N) is 2. The average Bonchev–Trinajstić information content (AvgIpc) is 2.63. The zero-order valence-corrected chi connectivity index (χ0v) is 15.1. The highest BCUT2D eigenvalue weighted by atomic mass is 32.2. The predicted molar refractivity (Wildman–Crippen MR) is 99.6 cm³/mol. The van der Waals surface area contributed by atoms with Gasteiger partial charge in [-0.15, -0.1) is 11.8 Å². The van der Waals surface area contributed by atoms with Gasteiger partial charge in [-0.3, -0.25) is 9.59 Å². The Labute approximate surface area is 155 Å². The van der Waals surface area contributed by atoms with E-state index in [-0.39, 0.29) is 29.1 Å². The van der Waals surface area contributed by atoms with E-state index in [9.17, 15) is 14.0 Å². The normalized spacial score (nSPS) is 10.2. The van der Waals surface area contributed by atoms with Gasteiger partial charge < -0.3 is 15.4 Å². The maximum absolute atomic E-state index is 12.8. The summed E-state index contributed by atoms with van der Waals surface area (Å²) in [5, 5.41) is 5.41. The van der Waals surface area contributed by atoms with Crippen LogP contribution in [-0.4, -0.2) is 34.9 Å². The van der Waals surface area contributed by atoms with Gasteiger partial charge in [-0.05, 0) is 37.3 Å². The van der Waals surface area contributed by atoms with Crippen molar-refractivity contribution < 1.29 is 18.7 Å². The van der Waals surface area contributed by atoms with E-state index in [1.165, 1.54) is 36.0 Å². The summed E-state index contributed by atoms with van der Waals surface area (Å²) in [6, 6.07) is 9.11. The van der Waals surface area contributed by atoms with Crippen molar-refractivity contribution in [1.29, 1.82) is 0 Å². The number of ether oxygens (including phenoxy) is 1. The van der Waals surface area contributed by atoms with Gasteiger partial charge in [-0.2, -0.15) is 0 Å². The van der Waals surface area contributed by atoms with Gasteiger partial charge in [0.15, 0.2) is 0 Å². The summed E-state index contributed by atoms with van der Waals surface area (Å²) in [6.45, 7) is 2.67. The maximum atomic E-state index is 12.8. The minimum absolute atomic E-state index is 0.127. The third kappa shape index (κ3) is 6.72. The molecule has 0 aliphatic rings. The SMILES string of the molecule is CCOc1ncccc1CNC(=O)CSCC(=O)Nc1ccc(F)cc1. The number of halogens is 1. The molecule has 138 valence electrons. The highest BCUT2D eigenvalue weighted by molar-refractivity contribution is 8.00. The molecule has 8 heteroatoms. The Morgan fingerprint density at radius 3 is 2.62 bits per heavy atom. The van der Waals surface area contributed by atoms with Crippen LogP contribution in [0.3, 0.4) is 0 Å². The van der Waals surface area contributed by atoms with Gasteiger partial charge in [0.25, 0.3) is 0 Å². The van der Waals surface area contributed by atoms with Crippen molar-refractivity contribution in [2.75, 3.05) is 23.4 Å². The summed E-state index contributed by atoms with van der Waals surface area (Å²) < 4.78 is 18.2. The third-order valence-electron chi connectivity index (χ3n) is 3.20. The minimum Gasteiger partial charge on any atom is -0.478 e. The highest BCUT2D eigenvalue weighted by Crippen LogP contribution is 2.14. The first kappa shape index (κ1) is 19.7. The van der Waals surface area contributed by atoms with E-state index in [4.69, 9.17) is 4.74 Å². The number of benzene rings is 1. The van der Waals surface area contributed by atoms with Crippen molar-refractivity contribution in [2.24, 2.45) is 0 Å². The number of aromatic nitrogens is 1. The first-order chi connectivity index (χ1) is 12.6. The van der Waals surface area contributed by atoms with Gasteiger partial charge in [0.2, 0.25) is 17.7 Å². The molecule has 0 bridgehead atoms. The van der Waals surface area contributed by atoms with Crippen LogP contribution in [0, 0.1) is 5.82 Å². The smallest absolute Gasteiger partial charge is 0.234 e. The van der Waals surface area contributed by atoms with E-state index >= 15 is 0 Å². The molecule has 0 aliphatic heterocycles. The van der Waals surface area contributed by atoms with Crippen LogP contribution in [-0.2, 0) is 16.1 Å². The molecule has 0 aliphatic carbocycles. The van der Waals surface area contributed by atoms with Crippen molar-refractivity contribution in [3.8, 4) is 5.88 Å². The number of thioether (sulfide) groups is 1. The van der Waals surface area contributed by atoms with Crippen molar-refractivity contribution in [3.05, 3.63) is 54.0 Å². The summed E-state index contributed by atoms with van der Waals surface area (Å²) in [5.41, 5.74) is 1.31. The second-order valence-corrected chi connectivity index (χ2v) is 6.21. The average molecular weight is 377 g/mol. The fourth-order valence-corrected chi connectivity index (χ4v) is 2.68. The molecule has 2 N–H and O–H groups in total. The molecule has 2 rings (SSSR count). The summed E-state index contributed by atoms with van der Waals surface area (Å²) in [5.74, 6) is -0.0175. The Kier molecular flexibility index (Phi) is 7.88. The fraction of sp³-hybridized carbons (Fsp3) is 0.278. The van der Waals surface area contributed by atoms with Crippen LogP contribution in [0.5, 0.6) is 5.88 Å². The number of pyridine rings is 1. The molecule has 0 radical (unpaired) electrons. The van der Waals surface area contributed by atoms with Crippen LogP contribution in [0.4, 0.5) is 10.1 Å². The van der Waals surface area contributed by atoms with Crippen LogP contribution in [0.25, 0.3) is 0 Å². The largest absolute Gasteiger partial charge is 0.478 e. The Morgan fingerprint density at radius 1 is 1.15 bits per heavy atom. The zero-order chi connectivity index (χ0) is 18.8. The molecule has 0 saturated carbocycles. The van der Waals surface area contributed by atoms with E-state index in [2.05, 4.69) is 15.6 Å². The van der Waals surface area contributed by atoms with Crippen molar-refractivity contribution in [3.63, 3.8) is 0 Å². The van der Waals surface area contributed by atoms with Gasteiger partial charge in [0, 0.05) is 24.0 Å². The molecule has 0 saturated heterocycles. The first-order valence-electron chi connectivity index (χ1n) is 8.05. The number of anilines is 1. The summed E-state index contributed by atoms with van der Waals surface area (Å²) in [7, 11) is 0. The van der Waals surface area contributed by atoms with Gasteiger partial charge in [-0.1, -0.05) is 6.07 Å². The van der Waals surface area contributed by atoms with E-state index < -0.39 is 0 Å². The van der Waals surface area contributed by atoms with Crippen LogP contribution in [0.1, 0.15) is 12.5 Å². The van der Waals surface area contributed by atoms with Crippen molar-refractivity contribution in [1.82, 2.24) is 10.3 Å². The molecule has 1 aromatic carbocycles. The van der Waals surface area contributed by atoms with Gasteiger partial charge in [-0.25, -0.2) is 9.37 Å². The molecule has 6 nitrogen and oxygen atoms in total. The van der Waals surface area contributed by atoms with E-state index in [1.54, 1.807) is 12.3 Å². The van der Waals surface area contributed by atoms with Gasteiger partial charge >= 0.3 is 0 Å². The molecule has 2 aromatic rings. The quantitative estimate of drug-likeness (QED) is 0.702. The monoisotopic (exact) mass is 377 g/mol. The van der Waals surface area contributed by atoms with E-state index in [1.807, 2.05) is 13.0 Å². The standard InChI is InChI=1S/C18H20FN3O3S/c1-2-25-18-13(4-3-9-20-18)10-21-16(23)11-26-12-17(24)22-15-7-5-14(19)6-8-15/h3-9H,2,10-12H2,1H3,(H,21,23)(H,22,24). The highest BCUT2D eigenvalue weighted by Gasteiger charge is 2.08. The lowest BCUT2D eigenvalue weighted by molar-refractivity contribution is -0.118. The number of hydrogen-bond donors (Lipinski definition) is 2. The molecule has 1 heterocycles. The molecule has 1 aromatic heterocycles. The first-order valence-corrected chi connectivity index (χ1v) is 9.20. The minimum atomic E-state index is -0.366. The number of hydrogen-bond acceptors (Lipinski definition) is 5. The molecule has 0 atom stereocenters. The van der Waals surface area contributed by atoms with Gasteiger partial charge in [0.1, 0.15) is 5.82 Å². The Morgan fingerprint density at radius 2 is 1.88 bits per heavy atom. The predicted octanol–water partition coefficient (Wildman–Crippen LogP) is 2.61. The summed E-state index contributed by atoms with van der Waals surface area (Å²) >= 11 is 1.20. The number of nitrogens with zero attached hydrogens (tertiary/aromatic N) is 1. The zero-order valence-electron chi connectivity index (χ0n) is 14.3. The fourth-order valence-electron chi connectivity index (χ4n) is 2.04. The number of rotatable bonds is 9. The van der Waals surface area contributed by atoms with Gasteiger partial charge in [0.05, 0.1) is 18.1 Å². The van der Waals surface area contributed by atoms with Crippen LogP contribution < -0.4 is 15.4 Å². The van der Waals surface area contributed by atoms with Crippen LogP contribution in [0.15, 0.2) is 42.6 Å². The molecule has 0 spiro atoms. The lowest BCUT2D eigenvalue weighted by atomic mass is 10.2. The molecular weight excluding hydrogens is 357 g/mol. The number of amides is 2. The number of carbonyl (C=O) groups excluding carboxylic acids is 2. The summed E-state index contributed by atoms with van der Waals surface area (Å²) in [6.07, 6.45) is 1.63. The molecule has 2 amide bonds. The Balaban J connectivity index is 1.69. The third-order valence-corrected chi connectivity index (χ3v) is 4.13. The van der Waals surface area contributed by atoms with Crippen LogP contribution >= 0.6 is 11.8 Å². The second kappa shape index (κ2) is 10.4. The van der Waals surface area contributed by atoms with E-state index in [0.29, 0.717) is 24.7 Å². The lowest BCUT2D eigenvalue weighted by Gasteiger charge is -2.10. The molecule has 26 heavy (non-hydrogen) atoms. The summed E-state index contributed by atoms with van der Waals surface area (Å²) in [4.78, 5) is 27.8. The molecule has 0 unspecified atom stereocenters. The number of carbonyl (C=O) groups is 2. The lowest BCUT2D eigenvalue weighted by Crippen LogP contribution is -2.26.